The SMILES string of the molecule is CCOc1cc(C=Nn2c(C3CCCCC3)nc3ccc(Br)cc3c2=O)cc(I)c1OCc1cccc(C)c1. The van der Waals surface area contributed by atoms with Crippen molar-refractivity contribution in [3.63, 3.8) is 0 Å². The molecule has 0 saturated heterocycles. The summed E-state index contributed by atoms with van der Waals surface area (Å²) in [5, 5.41) is 5.25. The van der Waals surface area contributed by atoms with Gasteiger partial charge >= 0.3 is 0 Å². The molecule has 4 aromatic rings. The Morgan fingerprint density at radius 3 is 2.69 bits per heavy atom. The molecule has 6 nitrogen and oxygen atoms in total. The van der Waals surface area contributed by atoms with Crippen LogP contribution in [0.3, 0.4) is 0 Å². The summed E-state index contributed by atoms with van der Waals surface area (Å²) in [6.45, 7) is 4.98. The Morgan fingerprint density at radius 1 is 1.10 bits per heavy atom. The van der Waals surface area contributed by atoms with Gasteiger partial charge in [-0.15, -0.1) is 0 Å². The molecule has 0 amide bonds. The molecule has 39 heavy (non-hydrogen) atoms. The summed E-state index contributed by atoms with van der Waals surface area (Å²) in [6, 6.07) is 17.8. The smallest absolute Gasteiger partial charge is 0.282 e. The summed E-state index contributed by atoms with van der Waals surface area (Å²) in [6.07, 6.45) is 7.26. The number of hydrogen-bond acceptors (Lipinski definition) is 5. The Morgan fingerprint density at radius 2 is 1.92 bits per heavy atom. The number of halogens is 2. The van der Waals surface area contributed by atoms with Gasteiger partial charge in [-0.3, -0.25) is 4.79 Å². The third-order valence-corrected chi connectivity index (χ3v) is 8.22. The fourth-order valence-electron chi connectivity index (χ4n) is 5.05. The van der Waals surface area contributed by atoms with Crippen LogP contribution in [-0.4, -0.2) is 22.5 Å². The van der Waals surface area contributed by atoms with Gasteiger partial charge in [0.25, 0.3) is 5.56 Å². The van der Waals surface area contributed by atoms with E-state index in [4.69, 9.17) is 19.6 Å². The number of benzene rings is 3. The predicted octanol–water partition coefficient (Wildman–Crippen LogP) is 7.98. The summed E-state index contributed by atoms with van der Waals surface area (Å²) in [5.74, 6) is 2.31. The van der Waals surface area contributed by atoms with E-state index in [1.807, 2.05) is 43.3 Å². The number of aromatic nitrogens is 2. The average molecular weight is 700 g/mol. The summed E-state index contributed by atoms with van der Waals surface area (Å²) in [4.78, 5) is 18.6. The van der Waals surface area contributed by atoms with Crippen molar-refractivity contribution < 1.29 is 9.47 Å². The van der Waals surface area contributed by atoms with Crippen LogP contribution in [0.5, 0.6) is 11.5 Å². The zero-order valence-electron chi connectivity index (χ0n) is 22.1. The van der Waals surface area contributed by atoms with E-state index in [2.05, 4.69) is 63.6 Å². The normalized spacial score (nSPS) is 14.3. The lowest BCUT2D eigenvalue weighted by Crippen LogP contribution is -2.25. The minimum absolute atomic E-state index is 0.157. The Bertz CT molecular complexity index is 1580. The first-order valence-corrected chi connectivity index (χ1v) is 15.2. The van der Waals surface area contributed by atoms with Crippen molar-refractivity contribution in [2.45, 2.75) is 58.5 Å². The van der Waals surface area contributed by atoms with Crippen LogP contribution >= 0.6 is 38.5 Å². The van der Waals surface area contributed by atoms with Crippen molar-refractivity contribution >= 4 is 55.6 Å². The maximum Gasteiger partial charge on any atom is 0.282 e. The van der Waals surface area contributed by atoms with Crippen molar-refractivity contribution in [2.75, 3.05) is 6.61 Å². The molecular formula is C31H31BrIN3O3. The summed E-state index contributed by atoms with van der Waals surface area (Å²) < 4.78 is 15.4. The number of rotatable bonds is 8. The number of ether oxygens (including phenoxy) is 2. The van der Waals surface area contributed by atoms with E-state index in [0.717, 1.165) is 50.7 Å². The van der Waals surface area contributed by atoms with Gasteiger partial charge in [0.15, 0.2) is 11.5 Å². The van der Waals surface area contributed by atoms with Gasteiger partial charge in [0.05, 0.1) is 27.3 Å². The number of fused-ring (bicyclic) bond motifs is 1. The molecule has 202 valence electrons. The molecule has 1 aromatic heterocycles. The van der Waals surface area contributed by atoms with E-state index in [-0.39, 0.29) is 11.5 Å². The monoisotopic (exact) mass is 699 g/mol. The van der Waals surface area contributed by atoms with Crippen molar-refractivity contribution in [1.29, 1.82) is 0 Å². The van der Waals surface area contributed by atoms with Crippen LogP contribution in [0.2, 0.25) is 0 Å². The first kappa shape index (κ1) is 27.8. The highest BCUT2D eigenvalue weighted by molar-refractivity contribution is 14.1. The van der Waals surface area contributed by atoms with Crippen LogP contribution in [0.25, 0.3) is 10.9 Å². The number of nitrogens with zero attached hydrogens (tertiary/aromatic N) is 3. The third kappa shape index (κ3) is 6.54. The molecule has 5 rings (SSSR count). The molecule has 0 bridgehead atoms. The Hall–Kier alpha value is -2.72. The average Bonchev–Trinajstić information content (AvgIpc) is 2.93. The highest BCUT2D eigenvalue weighted by Gasteiger charge is 2.22. The molecule has 0 aliphatic heterocycles. The molecule has 1 saturated carbocycles. The van der Waals surface area contributed by atoms with Gasteiger partial charge in [-0.25, -0.2) is 4.98 Å². The van der Waals surface area contributed by atoms with E-state index in [9.17, 15) is 4.79 Å². The number of hydrogen-bond donors (Lipinski definition) is 0. The second-order valence-electron chi connectivity index (χ2n) is 9.87. The Balaban J connectivity index is 1.51. The van der Waals surface area contributed by atoms with Crippen LogP contribution in [-0.2, 0) is 6.61 Å². The minimum Gasteiger partial charge on any atom is -0.490 e. The summed E-state index contributed by atoms with van der Waals surface area (Å²) >= 11 is 5.76. The second kappa shape index (κ2) is 12.6. The zero-order valence-corrected chi connectivity index (χ0v) is 25.9. The fraction of sp³-hybridized carbons (Fsp3) is 0.323. The molecular weight excluding hydrogens is 669 g/mol. The lowest BCUT2D eigenvalue weighted by molar-refractivity contribution is 0.267. The molecule has 0 atom stereocenters. The van der Waals surface area contributed by atoms with Gasteiger partial charge in [-0.1, -0.05) is 65.0 Å². The lowest BCUT2D eigenvalue weighted by Gasteiger charge is -2.22. The molecule has 1 heterocycles. The quantitative estimate of drug-likeness (QED) is 0.138. The maximum atomic E-state index is 13.6. The van der Waals surface area contributed by atoms with Crippen LogP contribution in [0.1, 0.15) is 67.5 Å². The molecule has 1 aliphatic rings. The van der Waals surface area contributed by atoms with E-state index in [1.54, 1.807) is 6.21 Å². The van der Waals surface area contributed by atoms with Crippen LogP contribution in [0, 0.1) is 10.5 Å². The molecule has 0 unspecified atom stereocenters. The van der Waals surface area contributed by atoms with Crippen LogP contribution < -0.4 is 15.0 Å². The highest BCUT2D eigenvalue weighted by Crippen LogP contribution is 2.35. The number of aryl methyl sites for hydroxylation is 1. The van der Waals surface area contributed by atoms with Crippen LogP contribution in [0.4, 0.5) is 0 Å². The molecule has 8 heteroatoms. The van der Waals surface area contributed by atoms with Gasteiger partial charge in [0.1, 0.15) is 12.4 Å². The van der Waals surface area contributed by atoms with Gasteiger partial charge in [0.2, 0.25) is 0 Å². The second-order valence-corrected chi connectivity index (χ2v) is 11.9. The van der Waals surface area contributed by atoms with Gasteiger partial charge < -0.3 is 9.47 Å². The first-order valence-electron chi connectivity index (χ1n) is 13.3. The minimum atomic E-state index is -0.157. The Kier molecular flexibility index (Phi) is 9.02. The van der Waals surface area contributed by atoms with Gasteiger partial charge in [0, 0.05) is 10.4 Å². The van der Waals surface area contributed by atoms with Crippen molar-refractivity contribution in [3.05, 3.63) is 95.5 Å². The Labute approximate surface area is 250 Å². The molecule has 0 radical (unpaired) electrons. The first-order chi connectivity index (χ1) is 18.9. The van der Waals surface area contributed by atoms with E-state index >= 15 is 0 Å². The summed E-state index contributed by atoms with van der Waals surface area (Å²) in [7, 11) is 0. The van der Waals surface area contributed by atoms with Crippen LogP contribution in [0.15, 0.2) is 69.0 Å². The van der Waals surface area contributed by atoms with Crippen molar-refractivity contribution in [3.8, 4) is 11.5 Å². The van der Waals surface area contributed by atoms with E-state index in [1.165, 1.54) is 16.7 Å². The van der Waals surface area contributed by atoms with Crippen molar-refractivity contribution in [1.82, 2.24) is 9.66 Å². The molecule has 3 aromatic carbocycles. The largest absolute Gasteiger partial charge is 0.490 e. The van der Waals surface area contributed by atoms with Crippen molar-refractivity contribution in [2.24, 2.45) is 5.10 Å². The fourth-order valence-corrected chi connectivity index (χ4v) is 6.19. The zero-order chi connectivity index (χ0) is 27.4. The standard InChI is InChI=1S/C31H31BrIN3O3/c1-3-38-28-16-22(15-26(33)29(28)39-19-21-9-7-8-20(2)14-21)18-34-36-30(23-10-5-4-6-11-23)35-27-13-12-24(32)17-25(27)31(36)37/h7-9,12-18,23H,3-6,10-11,19H2,1-2H3. The van der Waals surface area contributed by atoms with E-state index in [0.29, 0.717) is 35.6 Å². The molecule has 0 N–H and O–H groups in total. The summed E-state index contributed by atoms with van der Waals surface area (Å²) in [5.41, 5.74) is 3.67. The van der Waals surface area contributed by atoms with Gasteiger partial charge in [-0.05, 0) is 90.7 Å². The lowest BCUT2D eigenvalue weighted by atomic mass is 9.88. The molecule has 0 spiro atoms. The molecule has 1 fully saturated rings. The molecule has 1 aliphatic carbocycles. The topological polar surface area (TPSA) is 65.7 Å². The maximum absolute atomic E-state index is 13.6. The highest BCUT2D eigenvalue weighted by atomic mass is 127. The van der Waals surface area contributed by atoms with Gasteiger partial charge in [-0.2, -0.15) is 9.78 Å². The predicted molar refractivity (Wildman–Crippen MR) is 168 cm³/mol. The van der Waals surface area contributed by atoms with E-state index < -0.39 is 0 Å². The third-order valence-electron chi connectivity index (χ3n) is 6.92.